The van der Waals surface area contributed by atoms with E-state index in [1.165, 1.54) is 17.8 Å². The van der Waals surface area contributed by atoms with Crippen LogP contribution in [0.4, 0.5) is 5.69 Å². The summed E-state index contributed by atoms with van der Waals surface area (Å²) in [6, 6.07) is 2.23. The standard InChI is InChI=1S/C25H32N4O4S/c1-15-12-16(2)26-24-20(15)21(22(34-24)25(32)28-8-10-33-11-9-28)27-23(31)17-13-19(30)29(14-17)18-6-4-3-5-7-18/h12,17-18H,3-11,13-14H2,1-2H3,(H,27,31). The molecule has 3 fully saturated rings. The Morgan fingerprint density at radius 3 is 2.62 bits per heavy atom. The van der Waals surface area contributed by atoms with Crippen LogP contribution in [0.5, 0.6) is 0 Å². The second-order valence-electron chi connectivity index (χ2n) is 9.70. The number of morpholine rings is 1. The third-order valence-corrected chi connectivity index (χ3v) is 8.34. The number of fused-ring (bicyclic) bond motifs is 1. The second kappa shape index (κ2) is 9.62. The topological polar surface area (TPSA) is 91.8 Å². The Morgan fingerprint density at radius 2 is 1.88 bits per heavy atom. The molecule has 0 radical (unpaired) electrons. The predicted octanol–water partition coefficient (Wildman–Crippen LogP) is 3.51. The Bertz CT molecular complexity index is 1120. The molecular weight excluding hydrogens is 452 g/mol. The average molecular weight is 485 g/mol. The van der Waals surface area contributed by atoms with Crippen LogP contribution in [0.1, 0.15) is 59.5 Å². The van der Waals surface area contributed by atoms with Gasteiger partial charge in [-0.2, -0.15) is 0 Å². The van der Waals surface area contributed by atoms with Crippen molar-refractivity contribution >= 4 is 45.0 Å². The maximum absolute atomic E-state index is 13.4. The van der Waals surface area contributed by atoms with Crippen molar-refractivity contribution in [2.24, 2.45) is 5.92 Å². The van der Waals surface area contributed by atoms with Gasteiger partial charge < -0.3 is 19.9 Å². The summed E-state index contributed by atoms with van der Waals surface area (Å²) in [4.78, 5) is 49.2. The van der Waals surface area contributed by atoms with Gasteiger partial charge in [-0.1, -0.05) is 19.3 Å². The van der Waals surface area contributed by atoms with Gasteiger partial charge in [0, 0.05) is 43.2 Å². The highest BCUT2D eigenvalue weighted by molar-refractivity contribution is 7.21. The van der Waals surface area contributed by atoms with Crippen molar-refractivity contribution in [2.45, 2.75) is 58.4 Å². The lowest BCUT2D eigenvalue weighted by Gasteiger charge is -2.31. The zero-order chi connectivity index (χ0) is 23.8. The van der Waals surface area contributed by atoms with E-state index in [1.807, 2.05) is 24.8 Å². The molecule has 5 rings (SSSR count). The number of carbonyl (C=O) groups excluding carboxylic acids is 3. The number of nitrogens with one attached hydrogen (secondary N) is 1. The summed E-state index contributed by atoms with van der Waals surface area (Å²) in [7, 11) is 0. The number of pyridine rings is 1. The Balaban J connectivity index is 1.42. The van der Waals surface area contributed by atoms with E-state index in [4.69, 9.17) is 4.74 Å². The quantitative estimate of drug-likeness (QED) is 0.717. The molecule has 182 valence electrons. The van der Waals surface area contributed by atoms with Gasteiger partial charge in [-0.15, -0.1) is 11.3 Å². The zero-order valence-corrected chi connectivity index (χ0v) is 20.7. The van der Waals surface area contributed by atoms with E-state index >= 15 is 0 Å². The summed E-state index contributed by atoms with van der Waals surface area (Å²) in [5.74, 6) is -0.637. The molecule has 2 aromatic rings. The third-order valence-electron chi connectivity index (χ3n) is 7.27. The zero-order valence-electron chi connectivity index (χ0n) is 19.9. The number of aryl methyl sites for hydroxylation is 2. The summed E-state index contributed by atoms with van der Waals surface area (Å²) in [5, 5.41) is 3.89. The van der Waals surface area contributed by atoms with Crippen LogP contribution in [0.25, 0.3) is 10.2 Å². The van der Waals surface area contributed by atoms with Gasteiger partial charge in [0.2, 0.25) is 11.8 Å². The molecule has 2 aromatic heterocycles. The number of thiophene rings is 1. The smallest absolute Gasteiger partial charge is 0.266 e. The van der Waals surface area contributed by atoms with Crippen LogP contribution in [0, 0.1) is 19.8 Å². The number of aromatic nitrogens is 1. The minimum Gasteiger partial charge on any atom is -0.378 e. The van der Waals surface area contributed by atoms with Gasteiger partial charge in [-0.25, -0.2) is 4.98 Å². The van der Waals surface area contributed by atoms with Crippen LogP contribution >= 0.6 is 11.3 Å². The lowest BCUT2D eigenvalue weighted by atomic mass is 9.94. The van der Waals surface area contributed by atoms with Gasteiger partial charge in [0.15, 0.2) is 0 Å². The van der Waals surface area contributed by atoms with Crippen LogP contribution in [0.2, 0.25) is 0 Å². The van der Waals surface area contributed by atoms with E-state index in [2.05, 4.69) is 10.3 Å². The Labute approximate surface area is 203 Å². The first kappa shape index (κ1) is 23.2. The highest BCUT2D eigenvalue weighted by atomic mass is 32.1. The van der Waals surface area contributed by atoms with E-state index in [1.54, 1.807) is 4.90 Å². The van der Waals surface area contributed by atoms with E-state index in [0.717, 1.165) is 47.2 Å². The first-order valence-corrected chi connectivity index (χ1v) is 13.1. The molecule has 3 amide bonds. The Morgan fingerprint density at radius 1 is 1.15 bits per heavy atom. The number of ether oxygens (including phenoxy) is 1. The molecule has 8 nitrogen and oxygen atoms in total. The van der Waals surface area contributed by atoms with Gasteiger partial charge in [0.1, 0.15) is 9.71 Å². The summed E-state index contributed by atoms with van der Waals surface area (Å²) in [5.41, 5.74) is 2.38. The molecule has 2 saturated heterocycles. The molecule has 1 aliphatic carbocycles. The normalized spacial score (nSPS) is 21.9. The first-order valence-electron chi connectivity index (χ1n) is 12.3. The number of hydrogen-bond acceptors (Lipinski definition) is 6. The predicted molar refractivity (Wildman–Crippen MR) is 131 cm³/mol. The monoisotopic (exact) mass is 484 g/mol. The number of amides is 3. The highest BCUT2D eigenvalue weighted by Crippen LogP contribution is 2.39. The number of nitrogens with zero attached hydrogens (tertiary/aromatic N) is 3. The molecule has 4 heterocycles. The van der Waals surface area contributed by atoms with Crippen LogP contribution in [-0.2, 0) is 14.3 Å². The minimum atomic E-state index is -0.408. The van der Waals surface area contributed by atoms with Gasteiger partial charge >= 0.3 is 0 Å². The van der Waals surface area contributed by atoms with Gasteiger partial charge in [-0.05, 0) is 38.3 Å². The molecule has 1 N–H and O–H groups in total. The number of rotatable bonds is 4. The molecule has 9 heteroatoms. The van der Waals surface area contributed by atoms with Gasteiger partial charge in [0.05, 0.1) is 24.8 Å². The van der Waals surface area contributed by atoms with Crippen molar-refractivity contribution in [1.82, 2.24) is 14.8 Å². The molecule has 3 aliphatic rings. The van der Waals surface area contributed by atoms with E-state index in [9.17, 15) is 14.4 Å². The summed E-state index contributed by atoms with van der Waals surface area (Å²) >= 11 is 1.33. The summed E-state index contributed by atoms with van der Waals surface area (Å²) in [6.07, 6.45) is 5.79. The SMILES string of the molecule is Cc1cc(C)c2c(NC(=O)C3CC(=O)N(C4CCCCC4)C3)c(C(=O)N3CCOCC3)sc2n1. The largest absolute Gasteiger partial charge is 0.378 e. The fraction of sp³-hybridized carbons (Fsp3) is 0.600. The molecule has 1 saturated carbocycles. The highest BCUT2D eigenvalue weighted by Gasteiger charge is 2.39. The fourth-order valence-electron chi connectivity index (χ4n) is 5.50. The van der Waals surface area contributed by atoms with Crippen LogP contribution in [0.3, 0.4) is 0 Å². The average Bonchev–Trinajstić information content (AvgIpc) is 3.40. The third kappa shape index (κ3) is 4.43. The Hall–Kier alpha value is -2.52. The molecule has 1 atom stereocenters. The van der Waals surface area contributed by atoms with Crippen molar-refractivity contribution in [3.8, 4) is 0 Å². The van der Waals surface area contributed by atoms with Crippen molar-refractivity contribution in [2.75, 3.05) is 38.2 Å². The van der Waals surface area contributed by atoms with Crippen molar-refractivity contribution in [3.63, 3.8) is 0 Å². The van der Waals surface area contributed by atoms with E-state index in [0.29, 0.717) is 43.4 Å². The molecule has 0 aromatic carbocycles. The number of anilines is 1. The van der Waals surface area contributed by atoms with Crippen LogP contribution < -0.4 is 5.32 Å². The van der Waals surface area contributed by atoms with Crippen LogP contribution in [0.15, 0.2) is 6.07 Å². The van der Waals surface area contributed by atoms with Gasteiger partial charge in [-0.3, -0.25) is 14.4 Å². The summed E-state index contributed by atoms with van der Waals surface area (Å²) in [6.45, 7) is 6.44. The maximum Gasteiger partial charge on any atom is 0.266 e. The lowest BCUT2D eigenvalue weighted by Crippen LogP contribution is -2.40. The van der Waals surface area contributed by atoms with Gasteiger partial charge in [0.25, 0.3) is 5.91 Å². The molecule has 1 unspecified atom stereocenters. The maximum atomic E-state index is 13.4. The number of hydrogen-bond donors (Lipinski definition) is 1. The van der Waals surface area contributed by atoms with Crippen molar-refractivity contribution in [1.29, 1.82) is 0 Å². The lowest BCUT2D eigenvalue weighted by molar-refractivity contribution is -0.130. The van der Waals surface area contributed by atoms with Crippen molar-refractivity contribution < 1.29 is 19.1 Å². The molecule has 0 spiro atoms. The number of likely N-dealkylation sites (tertiary alicyclic amines) is 1. The molecule has 2 aliphatic heterocycles. The summed E-state index contributed by atoms with van der Waals surface area (Å²) < 4.78 is 5.40. The molecule has 34 heavy (non-hydrogen) atoms. The molecule has 0 bridgehead atoms. The van der Waals surface area contributed by atoms with Crippen LogP contribution in [-0.4, -0.2) is 71.4 Å². The first-order chi connectivity index (χ1) is 16.4. The number of carbonyl (C=O) groups is 3. The Kier molecular flexibility index (Phi) is 6.57. The second-order valence-corrected chi connectivity index (χ2v) is 10.7. The van der Waals surface area contributed by atoms with Crippen molar-refractivity contribution in [3.05, 3.63) is 22.2 Å². The minimum absolute atomic E-state index is 0.0697. The van der Waals surface area contributed by atoms with E-state index < -0.39 is 5.92 Å². The fourth-order valence-corrected chi connectivity index (χ4v) is 6.72. The molecular formula is C25H32N4O4S. The van der Waals surface area contributed by atoms with E-state index in [-0.39, 0.29) is 30.2 Å².